The predicted molar refractivity (Wildman–Crippen MR) is 87.0 cm³/mol. The molecule has 23 heavy (non-hydrogen) atoms. The predicted octanol–water partition coefficient (Wildman–Crippen LogP) is 3.28. The molecule has 2 rings (SSSR count). The Morgan fingerprint density at radius 3 is 2.65 bits per heavy atom. The third-order valence-corrected chi connectivity index (χ3v) is 3.34. The molecule has 1 amide bonds. The van der Waals surface area contributed by atoms with Gasteiger partial charge in [-0.15, -0.1) is 0 Å². The van der Waals surface area contributed by atoms with E-state index in [1.54, 1.807) is 19.2 Å². The van der Waals surface area contributed by atoms with Crippen molar-refractivity contribution in [1.29, 1.82) is 0 Å². The number of hydrogen-bond acceptors (Lipinski definition) is 4. The maximum absolute atomic E-state index is 12.1. The van der Waals surface area contributed by atoms with Crippen molar-refractivity contribution in [2.24, 2.45) is 0 Å². The van der Waals surface area contributed by atoms with Crippen molar-refractivity contribution in [3.63, 3.8) is 0 Å². The van der Waals surface area contributed by atoms with Gasteiger partial charge in [0.15, 0.2) is 5.76 Å². The maximum atomic E-state index is 12.1. The Bertz CT molecular complexity index is 621. The quantitative estimate of drug-likeness (QED) is 0.721. The average Bonchev–Trinajstić information content (AvgIpc) is 3.03. The summed E-state index contributed by atoms with van der Waals surface area (Å²) in [6, 6.07) is 11.3. The van der Waals surface area contributed by atoms with Crippen LogP contribution in [0.5, 0.6) is 0 Å². The van der Waals surface area contributed by atoms with Crippen LogP contribution in [-0.2, 0) is 29.2 Å². The van der Waals surface area contributed by atoms with Crippen molar-refractivity contribution >= 4 is 5.91 Å². The van der Waals surface area contributed by atoms with Crippen LogP contribution in [0.4, 0.5) is 0 Å². The van der Waals surface area contributed by atoms with Gasteiger partial charge in [-0.1, -0.05) is 31.2 Å². The zero-order valence-corrected chi connectivity index (χ0v) is 13.6. The Balaban J connectivity index is 1.92. The second-order valence-corrected chi connectivity index (χ2v) is 5.20. The van der Waals surface area contributed by atoms with Gasteiger partial charge < -0.3 is 19.2 Å². The molecule has 0 bridgehead atoms. The minimum absolute atomic E-state index is 0.239. The monoisotopic (exact) mass is 317 g/mol. The lowest BCUT2D eigenvalue weighted by Crippen LogP contribution is -2.23. The van der Waals surface area contributed by atoms with Crippen LogP contribution in [0.2, 0.25) is 0 Å². The number of benzene rings is 1. The Labute approximate surface area is 136 Å². The van der Waals surface area contributed by atoms with E-state index in [9.17, 15) is 4.79 Å². The van der Waals surface area contributed by atoms with E-state index in [1.807, 2.05) is 24.3 Å². The first-order valence-corrected chi connectivity index (χ1v) is 7.75. The van der Waals surface area contributed by atoms with Crippen LogP contribution in [0.15, 0.2) is 40.8 Å². The molecule has 0 aliphatic carbocycles. The molecule has 1 aromatic heterocycles. The first-order chi connectivity index (χ1) is 11.2. The number of methoxy groups -OCH3 is 1. The molecule has 1 aromatic carbocycles. The first kappa shape index (κ1) is 17.2. The lowest BCUT2D eigenvalue weighted by atomic mass is 10.1. The second-order valence-electron chi connectivity index (χ2n) is 5.20. The Kier molecular flexibility index (Phi) is 6.84. The maximum Gasteiger partial charge on any atom is 0.287 e. The summed E-state index contributed by atoms with van der Waals surface area (Å²) >= 11 is 0. The minimum atomic E-state index is -0.239. The lowest BCUT2D eigenvalue weighted by Gasteiger charge is -2.10. The van der Waals surface area contributed by atoms with Gasteiger partial charge in [0, 0.05) is 20.3 Å². The average molecular weight is 317 g/mol. The molecule has 0 unspecified atom stereocenters. The molecule has 0 radical (unpaired) electrons. The van der Waals surface area contributed by atoms with E-state index < -0.39 is 0 Å². The van der Waals surface area contributed by atoms with E-state index in [4.69, 9.17) is 13.9 Å². The highest BCUT2D eigenvalue weighted by atomic mass is 16.5. The SMILES string of the molecule is CCCOCc1ccccc1CNC(=O)c1ccc(COC)o1. The highest BCUT2D eigenvalue weighted by Gasteiger charge is 2.11. The summed E-state index contributed by atoms with van der Waals surface area (Å²) in [5.41, 5.74) is 2.13. The largest absolute Gasteiger partial charge is 0.453 e. The first-order valence-electron chi connectivity index (χ1n) is 7.75. The number of rotatable bonds is 9. The third kappa shape index (κ3) is 5.23. The van der Waals surface area contributed by atoms with Crippen LogP contribution in [0.1, 0.15) is 40.8 Å². The minimum Gasteiger partial charge on any atom is -0.453 e. The summed E-state index contributed by atoms with van der Waals surface area (Å²) in [6.07, 6.45) is 0.987. The fraction of sp³-hybridized carbons (Fsp3) is 0.389. The van der Waals surface area contributed by atoms with E-state index in [-0.39, 0.29) is 11.7 Å². The summed E-state index contributed by atoms with van der Waals surface area (Å²) in [5, 5.41) is 2.87. The van der Waals surface area contributed by atoms with E-state index in [2.05, 4.69) is 12.2 Å². The lowest BCUT2D eigenvalue weighted by molar-refractivity contribution is 0.0913. The van der Waals surface area contributed by atoms with Crippen LogP contribution >= 0.6 is 0 Å². The highest BCUT2D eigenvalue weighted by Crippen LogP contribution is 2.12. The fourth-order valence-electron chi connectivity index (χ4n) is 2.18. The molecule has 0 saturated heterocycles. The number of nitrogens with one attached hydrogen (secondary N) is 1. The Morgan fingerprint density at radius 2 is 1.91 bits per heavy atom. The van der Waals surface area contributed by atoms with Gasteiger partial charge in [0.05, 0.1) is 6.61 Å². The molecule has 1 N–H and O–H groups in total. The van der Waals surface area contributed by atoms with Crippen LogP contribution in [-0.4, -0.2) is 19.6 Å². The van der Waals surface area contributed by atoms with E-state index in [0.29, 0.717) is 25.5 Å². The van der Waals surface area contributed by atoms with Crippen molar-refractivity contribution in [1.82, 2.24) is 5.32 Å². The van der Waals surface area contributed by atoms with Gasteiger partial charge >= 0.3 is 0 Å². The number of amides is 1. The third-order valence-electron chi connectivity index (χ3n) is 3.34. The molecule has 0 atom stereocenters. The zero-order chi connectivity index (χ0) is 16.5. The Morgan fingerprint density at radius 1 is 1.13 bits per heavy atom. The summed E-state index contributed by atoms with van der Waals surface area (Å²) in [7, 11) is 1.58. The molecule has 5 nitrogen and oxygen atoms in total. The van der Waals surface area contributed by atoms with Crippen molar-refractivity contribution < 1.29 is 18.7 Å². The number of carbonyl (C=O) groups is 1. The summed E-state index contributed by atoms with van der Waals surface area (Å²) in [6.45, 7) is 4.15. The highest BCUT2D eigenvalue weighted by molar-refractivity contribution is 5.91. The van der Waals surface area contributed by atoms with E-state index >= 15 is 0 Å². The summed E-state index contributed by atoms with van der Waals surface area (Å²) in [5.74, 6) is 0.680. The van der Waals surface area contributed by atoms with Gasteiger partial charge in [-0.05, 0) is 29.7 Å². The number of hydrogen-bond donors (Lipinski definition) is 1. The molecular formula is C18H23NO4. The number of ether oxygens (including phenoxy) is 2. The number of furan rings is 1. The molecule has 2 aromatic rings. The van der Waals surface area contributed by atoms with Crippen LogP contribution < -0.4 is 5.32 Å². The molecular weight excluding hydrogens is 294 g/mol. The van der Waals surface area contributed by atoms with Gasteiger partial charge in [-0.25, -0.2) is 0 Å². The molecule has 5 heteroatoms. The van der Waals surface area contributed by atoms with Crippen molar-refractivity contribution in [3.05, 3.63) is 59.0 Å². The molecule has 1 heterocycles. The van der Waals surface area contributed by atoms with E-state index in [0.717, 1.165) is 24.2 Å². The molecule has 0 aliphatic heterocycles. The molecule has 0 aliphatic rings. The normalized spacial score (nSPS) is 10.7. The van der Waals surface area contributed by atoms with Crippen LogP contribution in [0.25, 0.3) is 0 Å². The topological polar surface area (TPSA) is 60.7 Å². The standard InChI is InChI=1S/C18H23NO4/c1-3-10-22-12-15-7-5-4-6-14(15)11-19-18(20)17-9-8-16(23-17)13-21-2/h4-9H,3,10-13H2,1-2H3,(H,19,20). The fourth-order valence-corrected chi connectivity index (χ4v) is 2.18. The van der Waals surface area contributed by atoms with Gasteiger partial charge in [-0.3, -0.25) is 4.79 Å². The van der Waals surface area contributed by atoms with Crippen LogP contribution in [0.3, 0.4) is 0 Å². The van der Waals surface area contributed by atoms with Crippen molar-refractivity contribution in [3.8, 4) is 0 Å². The Hall–Kier alpha value is -2.11. The summed E-state index contributed by atoms with van der Waals surface area (Å²) in [4.78, 5) is 12.1. The van der Waals surface area contributed by atoms with Gasteiger partial charge in [0.2, 0.25) is 0 Å². The number of carbonyl (C=O) groups excluding carboxylic acids is 1. The smallest absolute Gasteiger partial charge is 0.287 e. The molecule has 0 saturated carbocycles. The van der Waals surface area contributed by atoms with Crippen molar-refractivity contribution in [2.75, 3.05) is 13.7 Å². The van der Waals surface area contributed by atoms with Gasteiger partial charge in [0.25, 0.3) is 5.91 Å². The van der Waals surface area contributed by atoms with Crippen molar-refractivity contribution in [2.45, 2.75) is 33.1 Å². The zero-order valence-electron chi connectivity index (χ0n) is 13.6. The molecule has 0 spiro atoms. The van der Waals surface area contributed by atoms with E-state index in [1.165, 1.54) is 0 Å². The molecule has 0 fully saturated rings. The summed E-state index contributed by atoms with van der Waals surface area (Å²) < 4.78 is 16.0. The van der Waals surface area contributed by atoms with Gasteiger partial charge in [-0.2, -0.15) is 0 Å². The van der Waals surface area contributed by atoms with Crippen LogP contribution in [0, 0.1) is 0 Å². The molecule has 124 valence electrons. The second kappa shape index (κ2) is 9.12. The van der Waals surface area contributed by atoms with Gasteiger partial charge in [0.1, 0.15) is 12.4 Å².